The summed E-state index contributed by atoms with van der Waals surface area (Å²) < 4.78 is 1.58. The Kier molecular flexibility index (Phi) is 3.68. The quantitative estimate of drug-likeness (QED) is 0.726. The molecule has 0 spiro atoms. The van der Waals surface area contributed by atoms with E-state index in [4.69, 9.17) is 0 Å². The van der Waals surface area contributed by atoms with E-state index in [9.17, 15) is 0 Å². The molecule has 0 heterocycles. The van der Waals surface area contributed by atoms with Crippen LogP contribution in [0.25, 0.3) is 5.57 Å². The van der Waals surface area contributed by atoms with Crippen molar-refractivity contribution in [2.24, 2.45) is 5.92 Å². The molecule has 1 aliphatic carbocycles. The Balaban J connectivity index is 2.39. The molecule has 0 saturated heterocycles. The van der Waals surface area contributed by atoms with Crippen molar-refractivity contribution in [3.8, 4) is 0 Å². The minimum atomic E-state index is 0.617. The normalized spacial score (nSPS) is 19.9. The maximum absolute atomic E-state index is 4.25. The third-order valence-electron chi connectivity index (χ3n) is 3.09. The predicted molar refractivity (Wildman–Crippen MR) is 72.5 cm³/mol. The van der Waals surface area contributed by atoms with Crippen molar-refractivity contribution in [3.05, 3.63) is 52.5 Å². The summed E-state index contributed by atoms with van der Waals surface area (Å²) >= 11 is 0.619. The summed E-state index contributed by atoms with van der Waals surface area (Å²) in [6, 6.07) is 10.8. The van der Waals surface area contributed by atoms with Crippen LogP contribution in [0.4, 0.5) is 0 Å². The first kappa shape index (κ1) is 11.7. The van der Waals surface area contributed by atoms with Gasteiger partial charge in [-0.05, 0) is 0 Å². The van der Waals surface area contributed by atoms with Gasteiger partial charge in [0.05, 0.1) is 0 Å². The van der Waals surface area contributed by atoms with Crippen LogP contribution in [0.5, 0.6) is 0 Å². The number of benzene rings is 1. The third-order valence-corrected chi connectivity index (χ3v) is 5.31. The molecule has 2 rings (SSSR count). The van der Waals surface area contributed by atoms with Crippen molar-refractivity contribution in [2.45, 2.75) is 25.6 Å². The third kappa shape index (κ3) is 1.90. The molecule has 0 bridgehead atoms. The number of rotatable bonds is 4. The zero-order valence-corrected chi connectivity index (χ0v) is 11.7. The molecule has 1 aromatic carbocycles. The van der Waals surface area contributed by atoms with Crippen LogP contribution in [0.1, 0.15) is 25.8 Å². The fourth-order valence-corrected chi connectivity index (χ4v) is 4.47. The van der Waals surface area contributed by atoms with E-state index in [1.165, 1.54) is 22.9 Å². The first-order valence-corrected chi connectivity index (χ1v) is 7.97. The molecule has 0 nitrogen and oxygen atoms in total. The van der Waals surface area contributed by atoms with E-state index in [0.29, 0.717) is 20.9 Å². The van der Waals surface area contributed by atoms with Crippen LogP contribution >= 0.6 is 0 Å². The summed E-state index contributed by atoms with van der Waals surface area (Å²) in [5.41, 5.74) is 4.39. The zero-order valence-electron chi connectivity index (χ0n) is 9.99. The van der Waals surface area contributed by atoms with Crippen molar-refractivity contribution >= 4 is 20.5 Å². The van der Waals surface area contributed by atoms with Gasteiger partial charge in [0, 0.05) is 0 Å². The molecule has 0 fully saturated rings. The molecule has 1 atom stereocenters. The van der Waals surface area contributed by atoms with Crippen LogP contribution in [-0.2, 0) is 0 Å². The molecule has 0 aromatic heterocycles. The van der Waals surface area contributed by atoms with Crippen LogP contribution in [0.3, 0.4) is 0 Å². The summed E-state index contributed by atoms with van der Waals surface area (Å²) in [6.45, 7) is 8.77. The molecule has 0 N–H and O–H groups in total. The monoisotopic (exact) mass is 278 g/mol. The molecule has 1 unspecified atom stereocenters. The van der Waals surface area contributed by atoms with E-state index < -0.39 is 0 Å². The van der Waals surface area contributed by atoms with E-state index in [1.807, 2.05) is 0 Å². The first-order valence-electron chi connectivity index (χ1n) is 5.91. The Labute approximate surface area is 105 Å². The standard InChI is InChI=1S/C15H18Se/c1-4-13-11(3)15(16-5-2)14(13)12-9-7-6-8-10-12/h6-10,13H,3-5H2,1-2H3. The van der Waals surface area contributed by atoms with Gasteiger partial charge in [-0.15, -0.1) is 0 Å². The summed E-state index contributed by atoms with van der Waals surface area (Å²) in [6.07, 6.45) is 1.19. The molecule has 16 heavy (non-hydrogen) atoms. The van der Waals surface area contributed by atoms with Crippen LogP contribution in [-0.4, -0.2) is 15.0 Å². The average Bonchev–Trinajstić information content (AvgIpc) is 2.33. The summed E-state index contributed by atoms with van der Waals surface area (Å²) in [4.78, 5) is 0. The van der Waals surface area contributed by atoms with Gasteiger partial charge in [-0.3, -0.25) is 0 Å². The Bertz CT molecular complexity index is 414. The fourth-order valence-electron chi connectivity index (χ4n) is 2.30. The van der Waals surface area contributed by atoms with Gasteiger partial charge in [0.2, 0.25) is 0 Å². The molecule has 1 aromatic rings. The summed E-state index contributed by atoms with van der Waals surface area (Å²) in [7, 11) is 0. The minimum absolute atomic E-state index is 0.617. The van der Waals surface area contributed by atoms with E-state index in [2.05, 4.69) is 50.8 Å². The zero-order chi connectivity index (χ0) is 11.5. The van der Waals surface area contributed by atoms with E-state index in [-0.39, 0.29) is 0 Å². The fraction of sp³-hybridized carbons (Fsp3) is 0.333. The van der Waals surface area contributed by atoms with Crippen LogP contribution in [0, 0.1) is 5.92 Å². The molecular weight excluding hydrogens is 259 g/mol. The second kappa shape index (κ2) is 5.03. The van der Waals surface area contributed by atoms with Crippen molar-refractivity contribution in [2.75, 3.05) is 0 Å². The second-order valence-corrected chi connectivity index (χ2v) is 6.70. The topological polar surface area (TPSA) is 0 Å². The average molecular weight is 277 g/mol. The number of allylic oxidation sites excluding steroid dienone is 3. The Hall–Kier alpha value is -0.781. The Morgan fingerprint density at radius 3 is 2.44 bits per heavy atom. The summed E-state index contributed by atoms with van der Waals surface area (Å²) in [5, 5.41) is 1.27. The number of hydrogen-bond acceptors (Lipinski definition) is 0. The van der Waals surface area contributed by atoms with Crippen molar-refractivity contribution in [1.82, 2.24) is 0 Å². The number of hydrogen-bond donors (Lipinski definition) is 0. The van der Waals surface area contributed by atoms with Crippen LogP contribution < -0.4 is 0 Å². The summed E-state index contributed by atoms with van der Waals surface area (Å²) in [5.74, 6) is 0.617. The molecule has 1 heteroatoms. The van der Waals surface area contributed by atoms with E-state index in [0.717, 1.165) is 0 Å². The van der Waals surface area contributed by atoms with Gasteiger partial charge >= 0.3 is 105 Å². The second-order valence-electron chi connectivity index (χ2n) is 4.03. The predicted octanol–water partition coefficient (Wildman–Crippen LogP) is 4.14. The first-order chi connectivity index (χ1) is 7.79. The van der Waals surface area contributed by atoms with Gasteiger partial charge in [-0.1, -0.05) is 0 Å². The molecule has 84 valence electrons. The van der Waals surface area contributed by atoms with E-state index >= 15 is 0 Å². The molecule has 0 radical (unpaired) electrons. The van der Waals surface area contributed by atoms with Gasteiger partial charge in [0.15, 0.2) is 0 Å². The van der Waals surface area contributed by atoms with Crippen molar-refractivity contribution < 1.29 is 0 Å². The van der Waals surface area contributed by atoms with Crippen LogP contribution in [0.2, 0.25) is 5.32 Å². The van der Waals surface area contributed by atoms with Gasteiger partial charge < -0.3 is 0 Å². The Morgan fingerprint density at radius 1 is 1.19 bits per heavy atom. The molecule has 0 amide bonds. The molecule has 1 aliphatic rings. The van der Waals surface area contributed by atoms with Gasteiger partial charge in [0.25, 0.3) is 0 Å². The molecule has 0 aliphatic heterocycles. The van der Waals surface area contributed by atoms with Crippen molar-refractivity contribution in [1.29, 1.82) is 0 Å². The molecular formula is C15H18Se. The Morgan fingerprint density at radius 2 is 1.88 bits per heavy atom. The van der Waals surface area contributed by atoms with Gasteiger partial charge in [0.1, 0.15) is 0 Å². The van der Waals surface area contributed by atoms with Gasteiger partial charge in [-0.2, -0.15) is 0 Å². The SMILES string of the molecule is C=C1C([Se]CC)=C(c2ccccc2)C1CC. The van der Waals surface area contributed by atoms with Gasteiger partial charge in [-0.25, -0.2) is 0 Å². The maximum atomic E-state index is 4.25. The van der Waals surface area contributed by atoms with Crippen LogP contribution in [0.15, 0.2) is 47.0 Å². The van der Waals surface area contributed by atoms with Crippen molar-refractivity contribution in [3.63, 3.8) is 0 Å². The molecule has 0 saturated carbocycles. The van der Waals surface area contributed by atoms with E-state index in [1.54, 1.807) is 10.0 Å².